The van der Waals surface area contributed by atoms with Gasteiger partial charge in [0.05, 0.1) is 11.0 Å². The number of aryl methyl sites for hydroxylation is 1. The fourth-order valence-corrected chi connectivity index (χ4v) is 4.17. The van der Waals surface area contributed by atoms with Crippen LogP contribution < -0.4 is 16.2 Å². The van der Waals surface area contributed by atoms with Crippen LogP contribution in [0.15, 0.2) is 41.2 Å². The summed E-state index contributed by atoms with van der Waals surface area (Å²) in [5.41, 5.74) is 0.286. The Kier molecular flexibility index (Phi) is 3.39. The molecule has 0 radical (unpaired) electrons. The number of imide groups is 1. The van der Waals surface area contributed by atoms with E-state index in [1.165, 1.54) is 28.8 Å². The summed E-state index contributed by atoms with van der Waals surface area (Å²) in [6.45, 7) is 0.203. The summed E-state index contributed by atoms with van der Waals surface area (Å²) in [6.07, 6.45) is 0.194. The first-order valence-corrected chi connectivity index (χ1v) is 8.91. The Balaban J connectivity index is 1.84. The van der Waals surface area contributed by atoms with Crippen molar-refractivity contribution >= 4 is 34.6 Å². The van der Waals surface area contributed by atoms with Crippen molar-refractivity contribution in [3.8, 4) is 11.3 Å². The third kappa shape index (κ3) is 2.21. The van der Waals surface area contributed by atoms with Crippen LogP contribution in [0.25, 0.3) is 22.3 Å². The molecule has 0 aliphatic carbocycles. The number of aromatic nitrogens is 2. The molecule has 2 aromatic carbocycles. The number of amides is 3. The first-order valence-electron chi connectivity index (χ1n) is 8.53. The minimum absolute atomic E-state index is 0.163. The minimum Gasteiger partial charge on any atom is -0.319 e. The van der Waals surface area contributed by atoms with Gasteiger partial charge in [0.1, 0.15) is 17.1 Å². The zero-order valence-electron chi connectivity index (χ0n) is 14.3. The van der Waals surface area contributed by atoms with E-state index < -0.39 is 23.3 Å². The molecule has 2 aliphatic heterocycles. The smallest absolute Gasteiger partial charge is 0.319 e. The number of fused-ring (bicyclic) bond motifs is 1. The molecule has 1 fully saturated rings. The highest BCUT2D eigenvalue weighted by Gasteiger charge is 2.50. The molecule has 1 spiro atoms. The molecule has 1 saturated heterocycles. The van der Waals surface area contributed by atoms with E-state index in [4.69, 9.17) is 11.6 Å². The van der Waals surface area contributed by atoms with E-state index in [2.05, 4.69) is 15.6 Å². The van der Waals surface area contributed by atoms with Gasteiger partial charge in [-0.3, -0.25) is 14.9 Å². The Hall–Kier alpha value is -3.26. The van der Waals surface area contributed by atoms with Gasteiger partial charge in [-0.25, -0.2) is 14.2 Å². The summed E-state index contributed by atoms with van der Waals surface area (Å²) < 4.78 is 14.8. The molecule has 9 heteroatoms. The molecule has 5 rings (SSSR count). The van der Waals surface area contributed by atoms with Crippen molar-refractivity contribution in [1.82, 2.24) is 20.2 Å². The summed E-state index contributed by atoms with van der Waals surface area (Å²) in [6, 6.07) is 8.06. The van der Waals surface area contributed by atoms with Crippen molar-refractivity contribution in [2.75, 3.05) is 0 Å². The summed E-state index contributed by atoms with van der Waals surface area (Å²) in [5, 5.41) is 5.25. The number of hydrogen-bond acceptors (Lipinski definition) is 4. The predicted molar refractivity (Wildman–Crippen MR) is 99.4 cm³/mol. The Morgan fingerprint density at radius 3 is 2.57 bits per heavy atom. The third-order valence-electron chi connectivity index (χ3n) is 5.23. The van der Waals surface area contributed by atoms with Crippen molar-refractivity contribution in [2.45, 2.75) is 18.5 Å². The first kappa shape index (κ1) is 16.9. The lowest BCUT2D eigenvalue weighted by molar-refractivity contribution is -0.124. The van der Waals surface area contributed by atoms with E-state index in [1.807, 2.05) is 0 Å². The van der Waals surface area contributed by atoms with Crippen LogP contribution in [0.4, 0.5) is 9.18 Å². The minimum atomic E-state index is -1.29. The van der Waals surface area contributed by atoms with E-state index in [-0.39, 0.29) is 24.2 Å². The number of carbonyl (C=O) groups excluding carboxylic acids is 2. The van der Waals surface area contributed by atoms with Gasteiger partial charge in [-0.2, -0.15) is 0 Å². The number of halogens is 2. The highest BCUT2D eigenvalue weighted by molar-refractivity contribution is 6.31. The fraction of sp³-hybridized carbons (Fsp3) is 0.158. The van der Waals surface area contributed by atoms with Crippen LogP contribution >= 0.6 is 11.6 Å². The van der Waals surface area contributed by atoms with Crippen LogP contribution in [0.3, 0.4) is 0 Å². The number of benzene rings is 2. The molecule has 2 aliphatic rings. The Morgan fingerprint density at radius 2 is 1.89 bits per heavy atom. The lowest BCUT2D eigenvalue weighted by Gasteiger charge is -2.33. The maximum Gasteiger partial charge on any atom is 0.322 e. The molecule has 1 unspecified atom stereocenters. The van der Waals surface area contributed by atoms with Gasteiger partial charge < -0.3 is 9.88 Å². The van der Waals surface area contributed by atoms with E-state index in [1.54, 1.807) is 12.1 Å². The van der Waals surface area contributed by atoms with Gasteiger partial charge in [0, 0.05) is 29.1 Å². The van der Waals surface area contributed by atoms with E-state index in [0.717, 1.165) is 0 Å². The zero-order valence-corrected chi connectivity index (χ0v) is 15.0. The molecule has 3 heterocycles. The fourth-order valence-electron chi connectivity index (χ4n) is 3.96. The van der Waals surface area contributed by atoms with Crippen LogP contribution in [0.2, 0.25) is 5.02 Å². The van der Waals surface area contributed by atoms with Crippen LogP contribution in [-0.2, 0) is 16.9 Å². The summed E-state index contributed by atoms with van der Waals surface area (Å²) >= 11 is 6.26. The molecule has 28 heavy (non-hydrogen) atoms. The van der Waals surface area contributed by atoms with E-state index >= 15 is 0 Å². The molecule has 2 N–H and O–H groups in total. The summed E-state index contributed by atoms with van der Waals surface area (Å²) in [7, 11) is 0. The summed E-state index contributed by atoms with van der Waals surface area (Å²) in [4.78, 5) is 41.9. The molecule has 1 aromatic heterocycles. The monoisotopic (exact) mass is 398 g/mol. The molecule has 3 aromatic rings. The lowest BCUT2D eigenvalue weighted by atomic mass is 9.83. The number of rotatable bonds is 1. The number of urea groups is 1. The Bertz CT molecular complexity index is 1250. The molecular weight excluding hydrogens is 387 g/mol. The van der Waals surface area contributed by atoms with E-state index in [9.17, 15) is 18.8 Å². The molecule has 1 atom stereocenters. The van der Waals surface area contributed by atoms with Crippen LogP contribution in [0.5, 0.6) is 0 Å². The number of carbonyl (C=O) groups is 2. The third-order valence-corrected chi connectivity index (χ3v) is 5.45. The SMILES string of the molecule is O=C1NC(=O)C2(CCn3c(=O)c(-c4ccc(F)cc4)nc4cc(Cl)cc2c43)N1. The van der Waals surface area contributed by atoms with Gasteiger partial charge in [-0.1, -0.05) is 11.6 Å². The topological polar surface area (TPSA) is 93.1 Å². The number of nitrogens with zero attached hydrogens (tertiary/aromatic N) is 2. The first-order chi connectivity index (χ1) is 13.4. The second-order valence-corrected chi connectivity index (χ2v) is 7.25. The van der Waals surface area contributed by atoms with Crippen molar-refractivity contribution in [2.24, 2.45) is 0 Å². The molecule has 7 nitrogen and oxygen atoms in total. The number of nitrogens with one attached hydrogen (secondary N) is 2. The van der Waals surface area contributed by atoms with Crippen LogP contribution in [0, 0.1) is 5.82 Å². The van der Waals surface area contributed by atoms with Crippen molar-refractivity contribution in [3.05, 3.63) is 63.2 Å². The lowest BCUT2D eigenvalue weighted by Crippen LogP contribution is -2.48. The van der Waals surface area contributed by atoms with Gasteiger partial charge in [0.2, 0.25) is 0 Å². The van der Waals surface area contributed by atoms with Gasteiger partial charge in [0.25, 0.3) is 11.5 Å². The Labute approximate surface area is 162 Å². The maximum absolute atomic E-state index is 13.3. The number of hydrogen-bond donors (Lipinski definition) is 2. The molecule has 0 bridgehead atoms. The van der Waals surface area contributed by atoms with Gasteiger partial charge in [-0.05, 0) is 36.4 Å². The highest BCUT2D eigenvalue weighted by Crippen LogP contribution is 2.39. The molecule has 0 saturated carbocycles. The summed E-state index contributed by atoms with van der Waals surface area (Å²) in [5.74, 6) is -0.899. The quantitative estimate of drug-likeness (QED) is 0.615. The van der Waals surface area contributed by atoms with Crippen LogP contribution in [0.1, 0.15) is 12.0 Å². The van der Waals surface area contributed by atoms with Crippen molar-refractivity contribution in [3.63, 3.8) is 0 Å². The van der Waals surface area contributed by atoms with Gasteiger partial charge in [-0.15, -0.1) is 0 Å². The van der Waals surface area contributed by atoms with Crippen molar-refractivity contribution in [1.29, 1.82) is 0 Å². The van der Waals surface area contributed by atoms with Crippen molar-refractivity contribution < 1.29 is 14.0 Å². The van der Waals surface area contributed by atoms with Gasteiger partial charge in [0.15, 0.2) is 0 Å². The average molecular weight is 399 g/mol. The molecular formula is C19H12ClFN4O3. The van der Waals surface area contributed by atoms with Gasteiger partial charge >= 0.3 is 6.03 Å². The normalized spacial score (nSPS) is 20.5. The molecule has 140 valence electrons. The van der Waals surface area contributed by atoms with E-state index in [0.29, 0.717) is 27.2 Å². The Morgan fingerprint density at radius 1 is 1.14 bits per heavy atom. The second kappa shape index (κ2) is 5.62. The predicted octanol–water partition coefficient (Wildman–Crippen LogP) is 2.29. The zero-order chi connectivity index (χ0) is 19.6. The molecule has 3 amide bonds. The maximum atomic E-state index is 13.3. The standard InChI is InChI=1S/C19H12ClFN4O3/c20-10-7-12-15-13(8-10)22-14(9-1-3-11(21)4-2-9)16(26)25(15)6-5-19(12)17(27)23-18(28)24-19/h1-4,7-8H,5-6H2,(H2,23,24,27,28). The second-order valence-electron chi connectivity index (χ2n) is 6.81. The average Bonchev–Trinajstić information content (AvgIpc) is 2.94. The highest BCUT2D eigenvalue weighted by atomic mass is 35.5. The van der Waals surface area contributed by atoms with Crippen LogP contribution in [-0.4, -0.2) is 21.5 Å². The largest absolute Gasteiger partial charge is 0.322 e.